The Hall–Kier alpha value is -3.12. The van der Waals surface area contributed by atoms with Crippen molar-refractivity contribution in [3.8, 4) is 17.1 Å². The summed E-state index contributed by atoms with van der Waals surface area (Å²) in [6, 6.07) is 3.45. The summed E-state index contributed by atoms with van der Waals surface area (Å²) in [5.74, 6) is 0.443. The summed E-state index contributed by atoms with van der Waals surface area (Å²) in [6.07, 6.45) is 4.74. The molecular formula is C22H28N6O4S2. The van der Waals surface area contributed by atoms with Crippen LogP contribution in [0.3, 0.4) is 0 Å². The minimum absolute atomic E-state index is 0.00500. The molecule has 0 atom stereocenters. The fourth-order valence-electron chi connectivity index (χ4n) is 2.93. The molecule has 0 fully saturated rings. The molecule has 3 heterocycles. The third-order valence-corrected chi connectivity index (χ3v) is 7.21. The van der Waals surface area contributed by atoms with Crippen LogP contribution < -0.4 is 14.8 Å². The number of pyridine rings is 1. The van der Waals surface area contributed by atoms with Crippen LogP contribution >= 0.6 is 11.3 Å². The number of hydrogen-bond donors (Lipinski definition) is 2. The molecule has 3 aromatic rings. The van der Waals surface area contributed by atoms with Gasteiger partial charge in [-0.1, -0.05) is 13.8 Å². The predicted molar refractivity (Wildman–Crippen MR) is 132 cm³/mol. The molecule has 0 saturated heterocycles. The maximum absolute atomic E-state index is 13.0. The van der Waals surface area contributed by atoms with Gasteiger partial charge in [-0.2, -0.15) is 0 Å². The molecule has 0 radical (unpaired) electrons. The molecule has 182 valence electrons. The number of aromatic nitrogens is 4. The molecular weight excluding hydrogens is 476 g/mol. The Morgan fingerprint density at radius 1 is 1.18 bits per heavy atom. The zero-order valence-electron chi connectivity index (χ0n) is 19.7. The number of nitrogens with one attached hydrogen (secondary N) is 2. The van der Waals surface area contributed by atoms with Crippen LogP contribution in [0.1, 0.15) is 40.3 Å². The smallest absolute Gasteiger partial charge is 0.237 e. The van der Waals surface area contributed by atoms with Crippen molar-refractivity contribution in [3.63, 3.8) is 0 Å². The van der Waals surface area contributed by atoms with Crippen LogP contribution in [0.15, 0.2) is 36.1 Å². The highest BCUT2D eigenvalue weighted by Gasteiger charge is 2.33. The SMILES string of the molecule is CCOc1cncc(-c2ccc(NC(=O)C(C)(C)c3csc(NS(=O)(=O)CC(C)C)n3)nc2)n1. The zero-order chi connectivity index (χ0) is 24.9. The molecule has 34 heavy (non-hydrogen) atoms. The van der Waals surface area contributed by atoms with Crippen molar-refractivity contribution in [2.75, 3.05) is 22.4 Å². The van der Waals surface area contributed by atoms with Crippen molar-refractivity contribution < 1.29 is 17.9 Å². The first-order valence-electron chi connectivity index (χ1n) is 10.7. The highest BCUT2D eigenvalue weighted by Crippen LogP contribution is 2.29. The van der Waals surface area contributed by atoms with Gasteiger partial charge >= 0.3 is 0 Å². The maximum Gasteiger partial charge on any atom is 0.237 e. The van der Waals surface area contributed by atoms with E-state index in [-0.39, 0.29) is 22.7 Å². The Kier molecular flexibility index (Phi) is 7.82. The number of anilines is 2. The van der Waals surface area contributed by atoms with Gasteiger partial charge in [-0.15, -0.1) is 11.3 Å². The number of thiazole rings is 1. The van der Waals surface area contributed by atoms with Gasteiger partial charge in [0.2, 0.25) is 21.8 Å². The first-order chi connectivity index (χ1) is 16.0. The summed E-state index contributed by atoms with van der Waals surface area (Å²) in [5.41, 5.74) is 0.767. The highest BCUT2D eigenvalue weighted by molar-refractivity contribution is 7.92. The molecule has 3 aromatic heterocycles. The van der Waals surface area contributed by atoms with Crippen LogP contribution in [0.5, 0.6) is 5.88 Å². The molecule has 10 nitrogen and oxygen atoms in total. The van der Waals surface area contributed by atoms with Gasteiger partial charge in [0, 0.05) is 17.1 Å². The lowest BCUT2D eigenvalue weighted by Crippen LogP contribution is -2.35. The van der Waals surface area contributed by atoms with Crippen LogP contribution in [0, 0.1) is 5.92 Å². The second-order valence-corrected chi connectivity index (χ2v) is 11.1. The van der Waals surface area contributed by atoms with Gasteiger partial charge in [-0.05, 0) is 38.8 Å². The van der Waals surface area contributed by atoms with Crippen LogP contribution in [0.25, 0.3) is 11.3 Å². The van der Waals surface area contributed by atoms with Crippen molar-refractivity contribution in [1.29, 1.82) is 0 Å². The van der Waals surface area contributed by atoms with E-state index in [1.54, 1.807) is 43.8 Å². The Labute approximate surface area is 203 Å². The zero-order valence-corrected chi connectivity index (χ0v) is 21.3. The van der Waals surface area contributed by atoms with E-state index in [0.29, 0.717) is 29.7 Å². The first kappa shape index (κ1) is 25.5. The molecule has 1 amide bonds. The lowest BCUT2D eigenvalue weighted by atomic mass is 9.89. The second-order valence-electron chi connectivity index (χ2n) is 8.50. The van der Waals surface area contributed by atoms with E-state index >= 15 is 0 Å². The monoisotopic (exact) mass is 504 g/mol. The van der Waals surface area contributed by atoms with E-state index in [2.05, 4.69) is 30.0 Å². The third kappa shape index (κ3) is 6.48. The van der Waals surface area contributed by atoms with Gasteiger partial charge in [-0.25, -0.2) is 23.4 Å². The summed E-state index contributed by atoms with van der Waals surface area (Å²) >= 11 is 1.14. The fourth-order valence-corrected chi connectivity index (χ4v) is 5.50. The van der Waals surface area contributed by atoms with Gasteiger partial charge < -0.3 is 10.1 Å². The number of sulfonamides is 1. The Morgan fingerprint density at radius 2 is 1.94 bits per heavy atom. The number of rotatable bonds is 10. The standard InChI is InChI=1S/C22H28N6O4S2/c1-6-32-19-11-23-10-16(25-19)15-7-8-18(24-9-15)27-20(29)22(4,5)17-12-33-21(26-17)28-34(30,31)13-14(2)3/h7-12,14H,6,13H2,1-5H3,(H,26,28)(H,24,27,29). The van der Waals surface area contributed by atoms with Crippen molar-refractivity contribution >= 4 is 38.2 Å². The van der Waals surface area contributed by atoms with E-state index in [0.717, 1.165) is 16.9 Å². The van der Waals surface area contributed by atoms with E-state index in [4.69, 9.17) is 4.74 Å². The third-order valence-electron chi connectivity index (χ3n) is 4.71. The number of amides is 1. The van der Waals surface area contributed by atoms with Gasteiger partial charge in [0.1, 0.15) is 5.82 Å². The van der Waals surface area contributed by atoms with Crippen molar-refractivity contribution in [1.82, 2.24) is 19.9 Å². The van der Waals surface area contributed by atoms with Crippen molar-refractivity contribution in [2.45, 2.75) is 40.0 Å². The minimum Gasteiger partial charge on any atom is -0.477 e. The molecule has 0 aliphatic carbocycles. The summed E-state index contributed by atoms with van der Waals surface area (Å²) in [4.78, 5) is 30.1. The van der Waals surface area contributed by atoms with Crippen LogP contribution in [-0.2, 0) is 20.2 Å². The Morgan fingerprint density at radius 3 is 2.59 bits per heavy atom. The molecule has 0 saturated carbocycles. The number of carbonyl (C=O) groups is 1. The summed E-state index contributed by atoms with van der Waals surface area (Å²) in [7, 11) is -3.50. The molecule has 12 heteroatoms. The number of nitrogens with zero attached hydrogens (tertiary/aromatic N) is 4. The first-order valence-corrected chi connectivity index (χ1v) is 13.2. The topological polar surface area (TPSA) is 136 Å². The predicted octanol–water partition coefficient (Wildman–Crippen LogP) is 3.71. The minimum atomic E-state index is -3.50. The van der Waals surface area contributed by atoms with Gasteiger partial charge in [-0.3, -0.25) is 14.5 Å². The summed E-state index contributed by atoms with van der Waals surface area (Å²) in [5, 5.41) is 4.69. The van der Waals surface area contributed by atoms with E-state index in [9.17, 15) is 13.2 Å². The molecule has 0 aliphatic heterocycles. The largest absolute Gasteiger partial charge is 0.477 e. The van der Waals surface area contributed by atoms with Gasteiger partial charge in [0.15, 0.2) is 5.13 Å². The summed E-state index contributed by atoms with van der Waals surface area (Å²) in [6.45, 7) is 9.44. The number of ether oxygens (including phenoxy) is 1. The van der Waals surface area contributed by atoms with Crippen molar-refractivity contribution in [2.24, 2.45) is 5.92 Å². The normalized spacial score (nSPS) is 11.9. The van der Waals surface area contributed by atoms with E-state index in [1.165, 1.54) is 6.20 Å². The average molecular weight is 505 g/mol. The number of carbonyl (C=O) groups excluding carboxylic acids is 1. The maximum atomic E-state index is 13.0. The van der Waals surface area contributed by atoms with Crippen LogP contribution in [-0.4, -0.2) is 46.6 Å². The highest BCUT2D eigenvalue weighted by atomic mass is 32.2. The lowest BCUT2D eigenvalue weighted by molar-refractivity contribution is -0.120. The van der Waals surface area contributed by atoms with Gasteiger partial charge in [0.05, 0.1) is 41.6 Å². The molecule has 0 unspecified atom stereocenters. The van der Waals surface area contributed by atoms with Crippen molar-refractivity contribution in [3.05, 3.63) is 41.8 Å². The molecule has 0 aromatic carbocycles. The molecule has 0 aliphatic rings. The number of hydrogen-bond acceptors (Lipinski definition) is 9. The fraction of sp³-hybridized carbons (Fsp3) is 0.409. The van der Waals surface area contributed by atoms with Crippen LogP contribution in [0.4, 0.5) is 10.9 Å². The lowest BCUT2D eigenvalue weighted by Gasteiger charge is -2.21. The van der Waals surface area contributed by atoms with E-state index in [1.807, 2.05) is 20.8 Å². The quantitative estimate of drug-likeness (QED) is 0.426. The molecule has 0 spiro atoms. The Balaban J connectivity index is 1.69. The average Bonchev–Trinajstić information content (AvgIpc) is 3.22. The van der Waals surface area contributed by atoms with Crippen LogP contribution in [0.2, 0.25) is 0 Å². The van der Waals surface area contributed by atoms with E-state index < -0.39 is 15.4 Å². The van der Waals surface area contributed by atoms with Gasteiger partial charge in [0.25, 0.3) is 0 Å². The molecule has 2 N–H and O–H groups in total. The molecule has 3 rings (SSSR count). The second kappa shape index (κ2) is 10.4. The molecule has 0 bridgehead atoms. The Bertz CT molecular complexity index is 1240. The summed E-state index contributed by atoms with van der Waals surface area (Å²) < 4.78 is 32.2.